The Morgan fingerprint density at radius 2 is 1.54 bits per heavy atom. The molecule has 2 heterocycles. The van der Waals surface area contributed by atoms with Gasteiger partial charge in [-0.25, -0.2) is 5.43 Å². The van der Waals surface area contributed by atoms with E-state index in [1.54, 1.807) is 60.7 Å². The fourth-order valence-electron chi connectivity index (χ4n) is 3.36. The fraction of sp³-hybridized carbons (Fsp3) is 0.0800. The molecule has 0 aromatic heterocycles. The molecule has 2 aliphatic rings. The third-order valence-electron chi connectivity index (χ3n) is 5.10. The van der Waals surface area contributed by atoms with Gasteiger partial charge in [0, 0.05) is 17.2 Å². The second kappa shape index (κ2) is 9.78. The number of benzene rings is 3. The lowest BCUT2D eigenvalue weighted by atomic mass is 10.1. The molecule has 0 aliphatic carbocycles. The minimum Gasteiger partial charge on any atom is -0.454 e. The van der Waals surface area contributed by atoms with Gasteiger partial charge in [0.2, 0.25) is 13.6 Å². The van der Waals surface area contributed by atoms with E-state index >= 15 is 0 Å². The lowest BCUT2D eigenvalue weighted by Crippen LogP contribution is -2.32. The number of amides is 2. The zero-order valence-electron chi connectivity index (χ0n) is 18.1. The van der Waals surface area contributed by atoms with E-state index in [9.17, 15) is 9.59 Å². The molecule has 9 nitrogen and oxygen atoms in total. The van der Waals surface area contributed by atoms with Crippen LogP contribution in [0.4, 0.5) is 0 Å². The third-order valence-corrected chi connectivity index (χ3v) is 5.43. The van der Waals surface area contributed by atoms with Gasteiger partial charge < -0.3 is 24.3 Å². The van der Waals surface area contributed by atoms with Crippen molar-refractivity contribution in [1.82, 2.24) is 10.7 Å². The van der Waals surface area contributed by atoms with E-state index in [0.717, 1.165) is 0 Å². The summed E-state index contributed by atoms with van der Waals surface area (Å²) in [5.74, 6) is 1.13. The van der Waals surface area contributed by atoms with Crippen molar-refractivity contribution in [2.24, 2.45) is 5.10 Å². The Kier molecular flexibility index (Phi) is 6.23. The van der Waals surface area contributed by atoms with Crippen LogP contribution in [0, 0.1) is 0 Å². The van der Waals surface area contributed by atoms with E-state index in [-0.39, 0.29) is 19.3 Å². The number of nitrogens with one attached hydrogen (secondary N) is 2. The van der Waals surface area contributed by atoms with Gasteiger partial charge in [-0.2, -0.15) is 5.10 Å². The van der Waals surface area contributed by atoms with E-state index in [1.165, 1.54) is 12.3 Å². The van der Waals surface area contributed by atoms with E-state index < -0.39 is 11.8 Å². The first-order valence-corrected chi connectivity index (χ1v) is 10.8. The maximum atomic E-state index is 13.0. The number of ether oxygens (including phenoxy) is 4. The Labute approximate surface area is 204 Å². The average Bonchev–Trinajstić information content (AvgIpc) is 3.52. The molecular weight excluding hydrogens is 474 g/mol. The van der Waals surface area contributed by atoms with Crippen molar-refractivity contribution in [2.45, 2.75) is 0 Å². The minimum absolute atomic E-state index is 0.0216. The first-order chi connectivity index (χ1) is 17.1. The number of hydrazone groups is 1. The van der Waals surface area contributed by atoms with Crippen LogP contribution in [0.5, 0.6) is 23.0 Å². The molecule has 0 bridgehead atoms. The number of halogens is 1. The fourth-order valence-corrected chi connectivity index (χ4v) is 3.57. The van der Waals surface area contributed by atoms with Crippen molar-refractivity contribution in [1.29, 1.82) is 0 Å². The minimum atomic E-state index is -0.639. The van der Waals surface area contributed by atoms with Gasteiger partial charge >= 0.3 is 0 Å². The number of hydrogen-bond donors (Lipinski definition) is 2. The predicted octanol–water partition coefficient (Wildman–Crippen LogP) is 3.72. The lowest BCUT2D eigenvalue weighted by molar-refractivity contribution is -0.117. The molecule has 0 radical (unpaired) electrons. The highest BCUT2D eigenvalue weighted by Gasteiger charge is 2.18. The van der Waals surface area contributed by atoms with E-state index in [0.29, 0.717) is 44.7 Å². The summed E-state index contributed by atoms with van der Waals surface area (Å²) >= 11 is 6.25. The summed E-state index contributed by atoms with van der Waals surface area (Å²) in [4.78, 5) is 25.7. The summed E-state index contributed by atoms with van der Waals surface area (Å²) < 4.78 is 21.3. The SMILES string of the molecule is O=C(NN=Cc1cc2c(cc1Cl)OCO2)C(=Cc1ccc2c(c1)OCO2)NC(=O)c1ccccc1. The zero-order chi connectivity index (χ0) is 24.2. The Balaban J connectivity index is 1.37. The van der Waals surface area contributed by atoms with Crippen LogP contribution in [0.15, 0.2) is 71.5 Å². The van der Waals surface area contributed by atoms with Gasteiger partial charge in [-0.05, 0) is 42.0 Å². The highest BCUT2D eigenvalue weighted by atomic mass is 35.5. The molecular formula is C25H18ClN3O6. The van der Waals surface area contributed by atoms with Crippen molar-refractivity contribution >= 4 is 35.7 Å². The maximum Gasteiger partial charge on any atom is 0.287 e. The highest BCUT2D eigenvalue weighted by Crippen LogP contribution is 2.36. The second-order valence-corrected chi connectivity index (χ2v) is 7.82. The van der Waals surface area contributed by atoms with Crippen LogP contribution < -0.4 is 29.7 Å². The van der Waals surface area contributed by atoms with Gasteiger partial charge in [0.15, 0.2) is 23.0 Å². The van der Waals surface area contributed by atoms with Crippen molar-refractivity contribution in [3.63, 3.8) is 0 Å². The van der Waals surface area contributed by atoms with Gasteiger partial charge in [0.25, 0.3) is 11.8 Å². The van der Waals surface area contributed by atoms with Gasteiger partial charge in [-0.3, -0.25) is 9.59 Å². The summed E-state index contributed by atoms with van der Waals surface area (Å²) in [6.07, 6.45) is 2.89. The Morgan fingerprint density at radius 1 is 0.857 bits per heavy atom. The average molecular weight is 492 g/mol. The standard InChI is InChI=1S/C25H18ClN3O6/c26-18-11-23-22(34-14-35-23)10-17(18)12-27-29-25(31)19(28-24(30)16-4-2-1-3-5-16)8-15-6-7-20-21(9-15)33-13-32-20/h1-12H,13-14H2,(H,28,30)(H,29,31). The molecule has 0 fully saturated rings. The first-order valence-electron chi connectivity index (χ1n) is 10.5. The number of rotatable bonds is 6. The molecule has 0 saturated carbocycles. The summed E-state index contributed by atoms with van der Waals surface area (Å²) in [6.45, 7) is 0.232. The van der Waals surface area contributed by atoms with Crippen molar-refractivity contribution in [2.75, 3.05) is 13.6 Å². The summed E-state index contributed by atoms with van der Waals surface area (Å²) in [5.41, 5.74) is 3.93. The molecule has 2 N–H and O–H groups in total. The molecule has 0 spiro atoms. The Bertz CT molecular complexity index is 1360. The van der Waals surface area contributed by atoms with Gasteiger partial charge in [0.05, 0.1) is 11.2 Å². The van der Waals surface area contributed by atoms with Crippen LogP contribution in [-0.4, -0.2) is 31.6 Å². The van der Waals surface area contributed by atoms with Crippen molar-refractivity contribution in [3.05, 3.63) is 88.1 Å². The topological polar surface area (TPSA) is 107 Å². The van der Waals surface area contributed by atoms with Crippen LogP contribution in [0.1, 0.15) is 21.5 Å². The molecule has 0 saturated heterocycles. The van der Waals surface area contributed by atoms with Gasteiger partial charge in [-0.15, -0.1) is 0 Å². The molecule has 35 heavy (non-hydrogen) atoms. The van der Waals surface area contributed by atoms with Gasteiger partial charge in [0.1, 0.15) is 5.70 Å². The van der Waals surface area contributed by atoms with E-state index in [2.05, 4.69) is 15.8 Å². The molecule has 0 atom stereocenters. The van der Waals surface area contributed by atoms with Crippen LogP contribution in [-0.2, 0) is 4.79 Å². The summed E-state index contributed by atoms with van der Waals surface area (Å²) in [7, 11) is 0. The van der Waals surface area contributed by atoms with Gasteiger partial charge in [-0.1, -0.05) is 35.9 Å². The Hall–Kier alpha value is -4.50. The molecule has 2 aliphatic heterocycles. The summed E-state index contributed by atoms with van der Waals surface area (Å²) in [5, 5.41) is 7.01. The number of nitrogens with zero attached hydrogens (tertiary/aromatic N) is 1. The predicted molar refractivity (Wildman–Crippen MR) is 128 cm³/mol. The van der Waals surface area contributed by atoms with E-state index in [4.69, 9.17) is 30.5 Å². The normalized spacial score (nSPS) is 13.7. The molecule has 10 heteroatoms. The third kappa shape index (κ3) is 5.04. The Morgan fingerprint density at radius 3 is 2.31 bits per heavy atom. The van der Waals surface area contributed by atoms with Crippen LogP contribution in [0.2, 0.25) is 5.02 Å². The molecule has 5 rings (SSSR count). The smallest absolute Gasteiger partial charge is 0.287 e. The molecule has 3 aromatic carbocycles. The summed E-state index contributed by atoms with van der Waals surface area (Å²) in [6, 6.07) is 17.0. The zero-order valence-corrected chi connectivity index (χ0v) is 18.9. The number of hydrogen-bond acceptors (Lipinski definition) is 7. The number of carbonyl (C=O) groups excluding carboxylic acids is 2. The molecule has 3 aromatic rings. The maximum absolute atomic E-state index is 13.0. The lowest BCUT2D eigenvalue weighted by Gasteiger charge is -2.09. The van der Waals surface area contributed by atoms with Crippen LogP contribution >= 0.6 is 11.6 Å². The van der Waals surface area contributed by atoms with E-state index in [1.807, 2.05) is 0 Å². The number of fused-ring (bicyclic) bond motifs is 2. The van der Waals surface area contributed by atoms with Crippen molar-refractivity contribution in [3.8, 4) is 23.0 Å². The quantitative estimate of drug-likeness (QED) is 0.309. The molecule has 0 unspecified atom stereocenters. The first kappa shape index (κ1) is 22.3. The monoisotopic (exact) mass is 491 g/mol. The molecule has 176 valence electrons. The number of carbonyl (C=O) groups is 2. The van der Waals surface area contributed by atoms with Crippen LogP contribution in [0.25, 0.3) is 6.08 Å². The van der Waals surface area contributed by atoms with Crippen molar-refractivity contribution < 1.29 is 28.5 Å². The largest absolute Gasteiger partial charge is 0.454 e. The molecule has 2 amide bonds. The second-order valence-electron chi connectivity index (χ2n) is 7.42. The highest BCUT2D eigenvalue weighted by molar-refractivity contribution is 6.33. The van der Waals surface area contributed by atoms with Crippen LogP contribution in [0.3, 0.4) is 0 Å².